The molecule has 0 spiro atoms. The van der Waals surface area contributed by atoms with Gasteiger partial charge in [0, 0.05) is 11.9 Å². The minimum Gasteiger partial charge on any atom is -0.398 e. The second kappa shape index (κ2) is 4.00. The summed E-state index contributed by atoms with van der Waals surface area (Å²) in [5, 5.41) is 6.25. The number of pyridine rings is 1. The number of aromatic nitrogens is 3. The number of alkyl halides is 6. The average molecular weight is 284 g/mol. The molecule has 0 aliphatic carbocycles. The molecule has 4 nitrogen and oxygen atoms in total. The van der Waals surface area contributed by atoms with Crippen molar-refractivity contribution in [1.29, 1.82) is 0 Å². The molecule has 10 heteroatoms. The van der Waals surface area contributed by atoms with Crippen molar-refractivity contribution in [3.63, 3.8) is 0 Å². The fourth-order valence-corrected chi connectivity index (χ4v) is 1.60. The maximum Gasteiger partial charge on any atom is 0.407 e. The van der Waals surface area contributed by atoms with Crippen molar-refractivity contribution < 1.29 is 26.3 Å². The normalized spacial score (nSPS) is 13.4. The maximum atomic E-state index is 12.6. The standard InChI is InChI=1S/C9H6F6N4/c10-8(11,12)6(9(13,14)15)7-18-17-5-2-1-4(16)3-19(5)7/h1-3,6H,16H2. The van der Waals surface area contributed by atoms with E-state index in [2.05, 4.69) is 10.2 Å². The van der Waals surface area contributed by atoms with E-state index in [4.69, 9.17) is 5.73 Å². The van der Waals surface area contributed by atoms with Crippen LogP contribution in [0.3, 0.4) is 0 Å². The number of rotatable bonds is 1. The molecule has 0 fully saturated rings. The lowest BCUT2D eigenvalue weighted by Gasteiger charge is -2.21. The molecule has 0 amide bonds. The smallest absolute Gasteiger partial charge is 0.398 e. The van der Waals surface area contributed by atoms with Crippen LogP contribution in [-0.2, 0) is 0 Å². The van der Waals surface area contributed by atoms with Crippen LogP contribution < -0.4 is 5.73 Å². The van der Waals surface area contributed by atoms with Crippen molar-refractivity contribution in [2.24, 2.45) is 0 Å². The molecule has 0 aliphatic rings. The highest BCUT2D eigenvalue weighted by atomic mass is 19.4. The van der Waals surface area contributed by atoms with Crippen molar-refractivity contribution in [2.75, 3.05) is 5.73 Å². The van der Waals surface area contributed by atoms with Gasteiger partial charge in [-0.05, 0) is 12.1 Å². The third kappa shape index (κ3) is 2.42. The molecule has 0 atom stereocenters. The van der Waals surface area contributed by atoms with Gasteiger partial charge in [-0.2, -0.15) is 26.3 Å². The summed E-state index contributed by atoms with van der Waals surface area (Å²) in [6.45, 7) is 0. The van der Waals surface area contributed by atoms with Gasteiger partial charge in [0.15, 0.2) is 11.5 Å². The Bertz CT molecular complexity index is 585. The highest BCUT2D eigenvalue weighted by molar-refractivity contribution is 5.47. The highest BCUT2D eigenvalue weighted by Gasteiger charge is 2.59. The number of nitrogens with two attached hydrogens (primary N) is 1. The summed E-state index contributed by atoms with van der Waals surface area (Å²) in [7, 11) is 0. The van der Waals surface area contributed by atoms with Crippen LogP contribution in [-0.4, -0.2) is 27.0 Å². The van der Waals surface area contributed by atoms with Gasteiger partial charge in [0.25, 0.3) is 0 Å². The van der Waals surface area contributed by atoms with Gasteiger partial charge in [0.05, 0.1) is 0 Å². The molecular formula is C9H6F6N4. The molecule has 0 saturated carbocycles. The zero-order valence-corrected chi connectivity index (χ0v) is 9.00. The molecular weight excluding hydrogens is 278 g/mol. The average Bonchev–Trinajstić information content (AvgIpc) is 2.57. The van der Waals surface area contributed by atoms with E-state index >= 15 is 0 Å². The fourth-order valence-electron chi connectivity index (χ4n) is 1.60. The summed E-state index contributed by atoms with van der Waals surface area (Å²) in [6, 6.07) is 2.47. The molecule has 2 N–H and O–H groups in total. The van der Waals surface area contributed by atoms with Crippen molar-refractivity contribution in [2.45, 2.75) is 18.3 Å². The summed E-state index contributed by atoms with van der Waals surface area (Å²) >= 11 is 0. The second-order valence-electron chi connectivity index (χ2n) is 3.77. The molecule has 0 saturated heterocycles. The SMILES string of the molecule is Nc1ccc2nnc(C(C(F)(F)F)C(F)(F)F)n2c1. The van der Waals surface area contributed by atoms with Gasteiger partial charge in [-0.3, -0.25) is 4.40 Å². The third-order valence-electron chi connectivity index (χ3n) is 2.36. The van der Waals surface area contributed by atoms with Gasteiger partial charge >= 0.3 is 12.4 Å². The Balaban J connectivity index is 2.67. The molecule has 19 heavy (non-hydrogen) atoms. The predicted molar refractivity (Wildman–Crippen MR) is 52.3 cm³/mol. The summed E-state index contributed by atoms with van der Waals surface area (Å²) in [5.74, 6) is -4.97. The molecule has 2 aromatic heterocycles. The molecule has 104 valence electrons. The van der Waals surface area contributed by atoms with Crippen LogP contribution in [0.15, 0.2) is 18.3 Å². The van der Waals surface area contributed by atoms with Gasteiger partial charge in [-0.25, -0.2) is 0 Å². The summed E-state index contributed by atoms with van der Waals surface area (Å²) in [5.41, 5.74) is 5.18. The number of hydrogen-bond donors (Lipinski definition) is 1. The van der Waals surface area contributed by atoms with E-state index < -0.39 is 24.1 Å². The lowest BCUT2D eigenvalue weighted by atomic mass is 10.1. The Labute approximate surface area is 101 Å². The topological polar surface area (TPSA) is 56.2 Å². The molecule has 2 rings (SSSR count). The van der Waals surface area contributed by atoms with Gasteiger partial charge in [-0.15, -0.1) is 10.2 Å². The largest absolute Gasteiger partial charge is 0.407 e. The van der Waals surface area contributed by atoms with Crippen LogP contribution in [0.4, 0.5) is 32.0 Å². The molecule has 0 aliphatic heterocycles. The number of anilines is 1. The van der Waals surface area contributed by atoms with Gasteiger partial charge in [0.1, 0.15) is 0 Å². The minimum absolute atomic E-state index is 0.00310. The van der Waals surface area contributed by atoms with Crippen LogP contribution in [0.5, 0.6) is 0 Å². The first-order chi connectivity index (χ1) is 8.60. The maximum absolute atomic E-state index is 12.6. The monoisotopic (exact) mass is 284 g/mol. The zero-order valence-electron chi connectivity index (χ0n) is 9.00. The van der Waals surface area contributed by atoms with E-state index in [1.54, 1.807) is 0 Å². The number of nitrogens with zero attached hydrogens (tertiary/aromatic N) is 3. The summed E-state index contributed by atoms with van der Waals surface area (Å²) in [4.78, 5) is 0. The Morgan fingerprint density at radius 1 is 1.00 bits per heavy atom. The first kappa shape index (κ1) is 13.4. The zero-order chi connectivity index (χ0) is 14.4. The Kier molecular flexibility index (Phi) is 2.83. The molecule has 0 bridgehead atoms. The van der Waals surface area contributed by atoms with E-state index in [1.807, 2.05) is 0 Å². The van der Waals surface area contributed by atoms with E-state index in [1.165, 1.54) is 12.1 Å². The van der Waals surface area contributed by atoms with Crippen LogP contribution in [0.1, 0.15) is 11.7 Å². The number of nitrogen functional groups attached to an aromatic ring is 1. The molecule has 0 unspecified atom stereocenters. The van der Waals surface area contributed by atoms with Crippen molar-refractivity contribution in [3.8, 4) is 0 Å². The molecule has 2 heterocycles. The van der Waals surface area contributed by atoms with Crippen molar-refractivity contribution in [1.82, 2.24) is 14.6 Å². The Morgan fingerprint density at radius 2 is 1.58 bits per heavy atom. The Morgan fingerprint density at radius 3 is 2.11 bits per heavy atom. The number of halogens is 6. The summed E-state index contributed by atoms with van der Waals surface area (Å²) in [6.07, 6.45) is -10.1. The lowest BCUT2D eigenvalue weighted by Crippen LogP contribution is -2.35. The van der Waals surface area contributed by atoms with E-state index in [-0.39, 0.29) is 11.3 Å². The van der Waals surface area contributed by atoms with Gasteiger partial charge in [0.2, 0.25) is 5.92 Å². The quantitative estimate of drug-likeness (QED) is 0.819. The highest BCUT2D eigenvalue weighted by Crippen LogP contribution is 2.45. The summed E-state index contributed by atoms with van der Waals surface area (Å²) < 4.78 is 76.0. The predicted octanol–water partition coefficient (Wildman–Crippen LogP) is 2.52. The lowest BCUT2D eigenvalue weighted by molar-refractivity contribution is -0.255. The van der Waals surface area contributed by atoms with Crippen molar-refractivity contribution >= 4 is 11.3 Å². The first-order valence-electron chi connectivity index (χ1n) is 4.84. The van der Waals surface area contributed by atoms with Crippen LogP contribution >= 0.6 is 0 Å². The molecule has 0 radical (unpaired) electrons. The Hall–Kier alpha value is -2.00. The molecule has 2 aromatic rings. The van der Waals surface area contributed by atoms with Crippen molar-refractivity contribution in [3.05, 3.63) is 24.2 Å². The van der Waals surface area contributed by atoms with E-state index in [0.717, 1.165) is 6.20 Å². The third-order valence-corrected chi connectivity index (χ3v) is 2.36. The van der Waals surface area contributed by atoms with Crippen LogP contribution in [0.2, 0.25) is 0 Å². The van der Waals surface area contributed by atoms with Crippen LogP contribution in [0, 0.1) is 0 Å². The number of hydrogen-bond acceptors (Lipinski definition) is 3. The second-order valence-corrected chi connectivity index (χ2v) is 3.77. The van der Waals surface area contributed by atoms with Gasteiger partial charge in [-0.1, -0.05) is 0 Å². The van der Waals surface area contributed by atoms with E-state index in [9.17, 15) is 26.3 Å². The van der Waals surface area contributed by atoms with E-state index in [0.29, 0.717) is 4.40 Å². The minimum atomic E-state index is -5.52. The first-order valence-corrected chi connectivity index (χ1v) is 4.84. The number of fused-ring (bicyclic) bond motifs is 1. The molecule has 0 aromatic carbocycles. The van der Waals surface area contributed by atoms with Crippen LogP contribution in [0.25, 0.3) is 5.65 Å². The van der Waals surface area contributed by atoms with Gasteiger partial charge < -0.3 is 5.73 Å². The fraction of sp³-hybridized carbons (Fsp3) is 0.333.